The first-order valence-electron chi connectivity index (χ1n) is 7.37. The molecule has 0 bridgehead atoms. The molecule has 2 aromatic rings. The molecule has 23 heavy (non-hydrogen) atoms. The van der Waals surface area contributed by atoms with Crippen LogP contribution in [0.5, 0.6) is 0 Å². The molecule has 0 saturated carbocycles. The molecule has 0 spiro atoms. The second-order valence-electron chi connectivity index (χ2n) is 5.68. The van der Waals surface area contributed by atoms with Crippen molar-refractivity contribution in [3.8, 4) is 11.3 Å². The Balaban J connectivity index is 2.11. The number of hydrogen-bond donors (Lipinski definition) is 2. The number of benzene rings is 1. The molecule has 2 rings (SSSR count). The fraction of sp³-hybridized carbons (Fsp3) is 0.412. The molecule has 0 radical (unpaired) electrons. The fourth-order valence-corrected chi connectivity index (χ4v) is 2.42. The van der Waals surface area contributed by atoms with Crippen LogP contribution < -0.4 is 5.32 Å². The molecule has 6 heteroatoms. The molecule has 0 aliphatic heterocycles. The third-order valence-corrected chi connectivity index (χ3v) is 3.69. The van der Waals surface area contributed by atoms with Gasteiger partial charge in [-0.05, 0) is 37.6 Å². The summed E-state index contributed by atoms with van der Waals surface area (Å²) in [5, 5.41) is 12.4. The predicted octanol–water partition coefficient (Wildman–Crippen LogP) is 3.10. The van der Waals surface area contributed by atoms with Crippen molar-refractivity contribution in [1.82, 2.24) is 5.32 Å². The zero-order valence-electron chi connectivity index (χ0n) is 13.2. The lowest BCUT2D eigenvalue weighted by molar-refractivity contribution is 0.0957. The molecule has 126 valence electrons. The van der Waals surface area contributed by atoms with E-state index in [4.69, 9.17) is 14.3 Å². The van der Waals surface area contributed by atoms with Crippen molar-refractivity contribution < 1.29 is 23.0 Å². The minimum Gasteiger partial charge on any atom is -0.460 e. The second kappa shape index (κ2) is 7.68. The summed E-state index contributed by atoms with van der Waals surface area (Å²) in [5.74, 6) is -0.636. The van der Waals surface area contributed by atoms with Gasteiger partial charge >= 0.3 is 0 Å². The average molecular weight is 325 g/mol. The molecule has 0 aliphatic rings. The topological polar surface area (TPSA) is 54.6 Å². The van der Waals surface area contributed by atoms with E-state index in [0.29, 0.717) is 25.3 Å². The van der Waals surface area contributed by atoms with Crippen molar-refractivity contribution in [2.24, 2.45) is 0 Å². The normalized spacial score (nSPS) is 14.0. The summed E-state index contributed by atoms with van der Waals surface area (Å²) >= 11 is 0. The van der Waals surface area contributed by atoms with Crippen LogP contribution in [0.1, 0.15) is 19.1 Å². The number of ether oxygens (including phenoxy) is 1. The molecular formula is C17H21F2NO3. The van der Waals surface area contributed by atoms with Crippen molar-refractivity contribution in [3.63, 3.8) is 0 Å². The van der Waals surface area contributed by atoms with Gasteiger partial charge in [0.15, 0.2) is 0 Å². The smallest absolute Gasteiger partial charge is 0.140 e. The minimum absolute atomic E-state index is 0.0245. The van der Waals surface area contributed by atoms with Gasteiger partial charge in [-0.1, -0.05) is 6.07 Å². The van der Waals surface area contributed by atoms with E-state index in [1.54, 1.807) is 13.2 Å². The standard InChI is InChI=1S/C17H21F2NO3/c1-17(8-9-21,11-22-2)20-10-12-6-7-15(23-12)16-13(18)4-3-5-14(16)19/h3-7,20-21H,8-11H2,1-2H3. The molecule has 0 aliphatic carbocycles. The van der Waals surface area contributed by atoms with Crippen LogP contribution in [0.15, 0.2) is 34.7 Å². The Bertz CT molecular complexity index is 616. The van der Waals surface area contributed by atoms with E-state index in [1.807, 2.05) is 6.92 Å². The Morgan fingerprint density at radius 3 is 2.52 bits per heavy atom. The maximum absolute atomic E-state index is 13.8. The number of aliphatic hydroxyl groups is 1. The van der Waals surface area contributed by atoms with Crippen LogP contribution in [0.2, 0.25) is 0 Å². The number of rotatable bonds is 8. The van der Waals surface area contributed by atoms with E-state index in [2.05, 4.69) is 5.32 Å². The predicted molar refractivity (Wildman–Crippen MR) is 82.9 cm³/mol. The minimum atomic E-state index is -0.664. The van der Waals surface area contributed by atoms with Gasteiger partial charge in [-0.3, -0.25) is 0 Å². The summed E-state index contributed by atoms with van der Waals surface area (Å²) in [6.07, 6.45) is 0.510. The largest absolute Gasteiger partial charge is 0.460 e. The average Bonchev–Trinajstić information content (AvgIpc) is 2.94. The number of furan rings is 1. The number of hydrogen-bond acceptors (Lipinski definition) is 4. The maximum Gasteiger partial charge on any atom is 0.140 e. The highest BCUT2D eigenvalue weighted by atomic mass is 19.1. The van der Waals surface area contributed by atoms with E-state index in [0.717, 1.165) is 0 Å². The number of methoxy groups -OCH3 is 1. The summed E-state index contributed by atoms with van der Waals surface area (Å²) in [4.78, 5) is 0. The van der Waals surface area contributed by atoms with E-state index >= 15 is 0 Å². The third-order valence-electron chi connectivity index (χ3n) is 3.69. The van der Waals surface area contributed by atoms with Crippen LogP contribution in [-0.4, -0.2) is 31.0 Å². The highest BCUT2D eigenvalue weighted by molar-refractivity contribution is 5.59. The fourth-order valence-electron chi connectivity index (χ4n) is 2.42. The summed E-state index contributed by atoms with van der Waals surface area (Å²) in [6, 6.07) is 6.90. The molecule has 0 fully saturated rings. The van der Waals surface area contributed by atoms with Gasteiger partial charge in [0.2, 0.25) is 0 Å². The zero-order chi connectivity index (χ0) is 16.9. The lowest BCUT2D eigenvalue weighted by atomic mass is 9.99. The molecule has 1 heterocycles. The number of halogens is 2. The summed E-state index contributed by atoms with van der Waals surface area (Å²) in [7, 11) is 1.59. The maximum atomic E-state index is 13.8. The Hall–Kier alpha value is -1.76. The van der Waals surface area contributed by atoms with Crippen LogP contribution in [0, 0.1) is 11.6 Å². The molecule has 2 N–H and O–H groups in total. The SMILES string of the molecule is COCC(C)(CCO)NCc1ccc(-c2c(F)cccc2F)o1. The van der Waals surface area contributed by atoms with Crippen molar-refractivity contribution in [2.75, 3.05) is 20.3 Å². The zero-order valence-corrected chi connectivity index (χ0v) is 13.2. The van der Waals surface area contributed by atoms with E-state index in [-0.39, 0.29) is 17.9 Å². The summed E-state index contributed by atoms with van der Waals surface area (Å²) in [6.45, 7) is 2.73. The van der Waals surface area contributed by atoms with E-state index in [9.17, 15) is 8.78 Å². The molecule has 1 aromatic carbocycles. The van der Waals surface area contributed by atoms with Gasteiger partial charge in [-0.25, -0.2) is 8.78 Å². The van der Waals surface area contributed by atoms with Gasteiger partial charge in [0.25, 0.3) is 0 Å². The van der Waals surface area contributed by atoms with Crippen molar-refractivity contribution in [3.05, 3.63) is 47.7 Å². The Morgan fingerprint density at radius 1 is 1.22 bits per heavy atom. The molecule has 1 atom stereocenters. The van der Waals surface area contributed by atoms with Crippen molar-refractivity contribution >= 4 is 0 Å². The van der Waals surface area contributed by atoms with Crippen LogP contribution in [0.4, 0.5) is 8.78 Å². The first-order valence-corrected chi connectivity index (χ1v) is 7.37. The quantitative estimate of drug-likeness (QED) is 0.783. The van der Waals surface area contributed by atoms with Crippen LogP contribution in [0.3, 0.4) is 0 Å². The van der Waals surface area contributed by atoms with Crippen LogP contribution in [-0.2, 0) is 11.3 Å². The highest BCUT2D eigenvalue weighted by Gasteiger charge is 2.23. The van der Waals surface area contributed by atoms with Gasteiger partial charge in [-0.15, -0.1) is 0 Å². The van der Waals surface area contributed by atoms with Gasteiger partial charge in [-0.2, -0.15) is 0 Å². The van der Waals surface area contributed by atoms with E-state index in [1.165, 1.54) is 24.3 Å². The molecule has 0 saturated heterocycles. The number of nitrogens with one attached hydrogen (secondary N) is 1. The molecule has 1 unspecified atom stereocenters. The Kier molecular flexibility index (Phi) is 5.87. The molecular weight excluding hydrogens is 304 g/mol. The van der Waals surface area contributed by atoms with Gasteiger partial charge in [0, 0.05) is 19.3 Å². The lowest BCUT2D eigenvalue weighted by Crippen LogP contribution is -2.46. The Labute approximate surface area is 134 Å². The Morgan fingerprint density at radius 2 is 1.91 bits per heavy atom. The molecule has 1 aromatic heterocycles. The van der Waals surface area contributed by atoms with Crippen molar-refractivity contribution in [2.45, 2.75) is 25.4 Å². The summed E-state index contributed by atoms with van der Waals surface area (Å²) in [5.41, 5.74) is -0.589. The van der Waals surface area contributed by atoms with Gasteiger partial charge in [0.05, 0.1) is 18.7 Å². The lowest BCUT2D eigenvalue weighted by Gasteiger charge is -2.29. The van der Waals surface area contributed by atoms with Crippen molar-refractivity contribution in [1.29, 1.82) is 0 Å². The number of aliphatic hydroxyl groups excluding tert-OH is 1. The van der Waals surface area contributed by atoms with Crippen LogP contribution in [0.25, 0.3) is 11.3 Å². The summed E-state index contributed by atoms with van der Waals surface area (Å²) < 4.78 is 38.2. The second-order valence-corrected chi connectivity index (χ2v) is 5.68. The third kappa shape index (κ3) is 4.37. The molecule has 0 amide bonds. The van der Waals surface area contributed by atoms with Gasteiger partial charge in [0.1, 0.15) is 23.2 Å². The van der Waals surface area contributed by atoms with Gasteiger partial charge < -0.3 is 19.6 Å². The molecule has 4 nitrogen and oxygen atoms in total. The monoisotopic (exact) mass is 325 g/mol. The highest BCUT2D eigenvalue weighted by Crippen LogP contribution is 2.28. The van der Waals surface area contributed by atoms with Crippen LogP contribution >= 0.6 is 0 Å². The first kappa shape index (κ1) is 17.6. The van der Waals surface area contributed by atoms with E-state index < -0.39 is 17.2 Å². The first-order chi connectivity index (χ1) is 11.0.